The topological polar surface area (TPSA) is 102 Å². The highest BCUT2D eigenvalue weighted by atomic mass is 16.3. The largest absolute Gasteiger partial charge is 0.504 e. The number of aromatic hydroxyl groups is 2. The number of phenolic OH excluding ortho intramolecular Hbond substituents is 2. The van der Waals surface area contributed by atoms with E-state index < -0.39 is 0 Å². The van der Waals surface area contributed by atoms with E-state index in [0.29, 0.717) is 0 Å². The Bertz CT molecular complexity index is 312. The van der Waals surface area contributed by atoms with Gasteiger partial charge in [-0.05, 0) is 12.1 Å². The van der Waals surface area contributed by atoms with E-state index >= 15 is 0 Å². The summed E-state index contributed by atoms with van der Waals surface area (Å²) in [6.45, 7) is 0. The monoisotopic (exact) mass is 167 g/mol. The predicted molar refractivity (Wildman–Crippen MR) is 43.9 cm³/mol. The van der Waals surface area contributed by atoms with Gasteiger partial charge >= 0.3 is 0 Å². The van der Waals surface area contributed by atoms with E-state index in [0.717, 1.165) is 0 Å². The van der Waals surface area contributed by atoms with Crippen LogP contribution in [0, 0.1) is 5.41 Å². The SMILES string of the molecule is N=C(NN)c1cccc(O)c1O. The number of hydrazine groups is 1. The van der Waals surface area contributed by atoms with Gasteiger partial charge in [0.1, 0.15) is 5.84 Å². The molecule has 0 aromatic heterocycles. The van der Waals surface area contributed by atoms with Gasteiger partial charge in [-0.1, -0.05) is 6.07 Å². The van der Waals surface area contributed by atoms with Crippen LogP contribution in [-0.2, 0) is 0 Å². The lowest BCUT2D eigenvalue weighted by Crippen LogP contribution is -2.30. The van der Waals surface area contributed by atoms with E-state index in [9.17, 15) is 5.11 Å². The highest BCUT2D eigenvalue weighted by molar-refractivity contribution is 5.99. The summed E-state index contributed by atoms with van der Waals surface area (Å²) >= 11 is 0. The quantitative estimate of drug-likeness (QED) is 0.132. The van der Waals surface area contributed by atoms with Crippen LogP contribution in [0.2, 0.25) is 0 Å². The third-order valence-electron chi connectivity index (χ3n) is 1.43. The molecule has 0 fully saturated rings. The molecule has 0 atom stereocenters. The molecule has 0 saturated carbocycles. The second kappa shape index (κ2) is 3.10. The lowest BCUT2D eigenvalue weighted by molar-refractivity contribution is 0.403. The minimum atomic E-state index is -0.347. The fraction of sp³-hybridized carbons (Fsp3) is 0. The van der Waals surface area contributed by atoms with Crippen molar-refractivity contribution in [3.05, 3.63) is 23.8 Å². The first-order valence-corrected chi connectivity index (χ1v) is 3.23. The van der Waals surface area contributed by atoms with Gasteiger partial charge in [-0.2, -0.15) is 0 Å². The first-order valence-electron chi connectivity index (χ1n) is 3.23. The molecule has 5 heteroatoms. The molecule has 0 aliphatic carbocycles. The first kappa shape index (κ1) is 8.35. The number of hydrogen-bond acceptors (Lipinski definition) is 4. The van der Waals surface area contributed by atoms with Crippen molar-refractivity contribution in [2.75, 3.05) is 0 Å². The Morgan fingerprint density at radius 1 is 1.42 bits per heavy atom. The zero-order valence-corrected chi connectivity index (χ0v) is 6.20. The number of benzene rings is 1. The normalized spacial score (nSPS) is 9.42. The molecule has 1 aromatic rings. The highest BCUT2D eigenvalue weighted by Gasteiger charge is 2.08. The van der Waals surface area contributed by atoms with E-state index in [-0.39, 0.29) is 22.9 Å². The van der Waals surface area contributed by atoms with Crippen molar-refractivity contribution >= 4 is 5.84 Å². The van der Waals surface area contributed by atoms with Crippen molar-refractivity contribution in [2.45, 2.75) is 0 Å². The lowest BCUT2D eigenvalue weighted by Gasteiger charge is -2.05. The summed E-state index contributed by atoms with van der Waals surface area (Å²) in [6, 6.07) is 4.30. The van der Waals surface area contributed by atoms with Crippen molar-refractivity contribution in [2.24, 2.45) is 5.84 Å². The first-order chi connectivity index (χ1) is 5.66. The number of nitrogens with two attached hydrogens (primary N) is 1. The van der Waals surface area contributed by atoms with Gasteiger partial charge in [-0.15, -0.1) is 0 Å². The van der Waals surface area contributed by atoms with Gasteiger partial charge in [-0.3, -0.25) is 5.41 Å². The van der Waals surface area contributed by atoms with Crippen LogP contribution in [0.15, 0.2) is 18.2 Å². The van der Waals surface area contributed by atoms with Crippen molar-refractivity contribution in [3.8, 4) is 11.5 Å². The molecular formula is C7H9N3O2. The second-order valence-electron chi connectivity index (χ2n) is 2.19. The maximum absolute atomic E-state index is 9.21. The minimum absolute atomic E-state index is 0.150. The zero-order valence-electron chi connectivity index (χ0n) is 6.20. The molecule has 0 spiro atoms. The molecule has 0 saturated heterocycles. The number of hydrogen-bond donors (Lipinski definition) is 5. The van der Waals surface area contributed by atoms with Crippen molar-refractivity contribution in [3.63, 3.8) is 0 Å². The molecule has 0 bridgehead atoms. The fourth-order valence-corrected chi connectivity index (χ4v) is 0.811. The Kier molecular flexibility index (Phi) is 2.16. The third-order valence-corrected chi connectivity index (χ3v) is 1.43. The summed E-state index contributed by atoms with van der Waals surface area (Å²) in [6.07, 6.45) is 0. The summed E-state index contributed by atoms with van der Waals surface area (Å²) in [4.78, 5) is 0. The van der Waals surface area contributed by atoms with Crippen LogP contribution in [-0.4, -0.2) is 16.0 Å². The van der Waals surface area contributed by atoms with Gasteiger partial charge < -0.3 is 15.6 Å². The number of rotatable bonds is 1. The molecule has 0 aliphatic heterocycles. The summed E-state index contributed by atoms with van der Waals surface area (Å²) in [5, 5.41) is 25.5. The Labute approximate surface area is 68.9 Å². The molecular weight excluding hydrogens is 158 g/mol. The molecule has 5 nitrogen and oxygen atoms in total. The van der Waals surface area contributed by atoms with Crippen LogP contribution >= 0.6 is 0 Å². The van der Waals surface area contributed by atoms with Crippen molar-refractivity contribution in [1.29, 1.82) is 5.41 Å². The summed E-state index contributed by atoms with van der Waals surface area (Å²) in [5.41, 5.74) is 2.23. The van der Waals surface area contributed by atoms with Crippen LogP contribution < -0.4 is 11.3 Å². The van der Waals surface area contributed by atoms with E-state index in [1.54, 1.807) is 0 Å². The van der Waals surface area contributed by atoms with Gasteiger partial charge in [0.05, 0.1) is 5.56 Å². The van der Waals surface area contributed by atoms with Gasteiger partial charge in [0.2, 0.25) is 0 Å². The predicted octanol–water partition coefficient (Wildman–Crippen LogP) is -0.114. The van der Waals surface area contributed by atoms with Gasteiger partial charge in [0, 0.05) is 0 Å². The smallest absolute Gasteiger partial charge is 0.168 e. The highest BCUT2D eigenvalue weighted by Crippen LogP contribution is 2.27. The molecule has 0 radical (unpaired) electrons. The lowest BCUT2D eigenvalue weighted by atomic mass is 10.2. The van der Waals surface area contributed by atoms with E-state index in [4.69, 9.17) is 16.4 Å². The Balaban J connectivity index is 3.16. The Hall–Kier alpha value is -1.75. The Morgan fingerprint density at radius 2 is 2.08 bits per heavy atom. The van der Waals surface area contributed by atoms with Gasteiger partial charge in [-0.25, -0.2) is 5.84 Å². The van der Waals surface area contributed by atoms with Gasteiger partial charge in [0.25, 0.3) is 0 Å². The molecule has 0 unspecified atom stereocenters. The molecule has 64 valence electrons. The molecule has 6 N–H and O–H groups in total. The number of nitrogens with one attached hydrogen (secondary N) is 2. The van der Waals surface area contributed by atoms with Crippen LogP contribution in [0.4, 0.5) is 0 Å². The molecule has 0 amide bonds. The zero-order chi connectivity index (χ0) is 9.14. The van der Waals surface area contributed by atoms with E-state index in [1.165, 1.54) is 18.2 Å². The minimum Gasteiger partial charge on any atom is -0.504 e. The second-order valence-corrected chi connectivity index (χ2v) is 2.19. The molecule has 1 rings (SSSR count). The summed E-state index contributed by atoms with van der Waals surface area (Å²) < 4.78 is 0. The van der Waals surface area contributed by atoms with E-state index in [2.05, 4.69) is 5.43 Å². The molecule has 0 heterocycles. The molecule has 12 heavy (non-hydrogen) atoms. The maximum Gasteiger partial charge on any atom is 0.168 e. The standard InChI is InChI=1S/C7H9N3O2/c8-7(10-9)4-2-1-3-5(11)6(4)12/h1-3,11-12H,9H2,(H2,8,10). The van der Waals surface area contributed by atoms with Crippen molar-refractivity contribution < 1.29 is 10.2 Å². The number of amidine groups is 1. The van der Waals surface area contributed by atoms with E-state index in [1.807, 2.05) is 0 Å². The summed E-state index contributed by atoms with van der Waals surface area (Å²) in [5.74, 6) is 4.19. The average Bonchev–Trinajstić information content (AvgIpc) is 2.08. The van der Waals surface area contributed by atoms with Crippen molar-refractivity contribution in [1.82, 2.24) is 5.43 Å². The third kappa shape index (κ3) is 1.30. The fourth-order valence-electron chi connectivity index (χ4n) is 0.811. The molecule has 0 aliphatic rings. The van der Waals surface area contributed by atoms with Gasteiger partial charge in [0.15, 0.2) is 11.5 Å². The maximum atomic E-state index is 9.21. The molecule has 1 aromatic carbocycles. The van der Waals surface area contributed by atoms with Crippen LogP contribution in [0.5, 0.6) is 11.5 Å². The number of para-hydroxylation sites is 1. The average molecular weight is 167 g/mol. The van der Waals surface area contributed by atoms with Crippen LogP contribution in [0.3, 0.4) is 0 Å². The van der Waals surface area contributed by atoms with Crippen LogP contribution in [0.1, 0.15) is 5.56 Å². The summed E-state index contributed by atoms with van der Waals surface area (Å²) in [7, 11) is 0. The number of phenols is 2. The Morgan fingerprint density at radius 3 is 2.67 bits per heavy atom. The van der Waals surface area contributed by atoms with Crippen LogP contribution in [0.25, 0.3) is 0 Å².